The summed E-state index contributed by atoms with van der Waals surface area (Å²) >= 11 is 3.10. The van der Waals surface area contributed by atoms with Crippen molar-refractivity contribution in [3.8, 4) is 5.75 Å². The van der Waals surface area contributed by atoms with Crippen molar-refractivity contribution < 1.29 is 23.8 Å². The molecule has 5 nitrogen and oxygen atoms in total. The van der Waals surface area contributed by atoms with Crippen LogP contribution in [0.1, 0.15) is 28.8 Å². The molecule has 1 saturated carbocycles. The molecule has 1 aliphatic rings. The molecule has 1 fully saturated rings. The molecule has 130 valence electrons. The second-order valence-electron chi connectivity index (χ2n) is 5.81. The molecule has 0 bridgehead atoms. The molecule has 0 atom stereocenters. The minimum atomic E-state index is -1.15. The minimum absolute atomic E-state index is 0.0190. The van der Waals surface area contributed by atoms with Crippen LogP contribution in [0.5, 0.6) is 5.75 Å². The molecule has 2 aromatic carbocycles. The van der Waals surface area contributed by atoms with Crippen molar-refractivity contribution in [1.29, 1.82) is 0 Å². The Kier molecular flexibility index (Phi) is 5.03. The predicted molar refractivity (Wildman–Crippen MR) is 93.2 cm³/mol. The Morgan fingerprint density at radius 2 is 2.00 bits per heavy atom. The van der Waals surface area contributed by atoms with Gasteiger partial charge in [-0.05, 0) is 64.7 Å². The molecule has 0 spiro atoms. The largest absolute Gasteiger partial charge is 0.489 e. The van der Waals surface area contributed by atoms with Gasteiger partial charge in [-0.15, -0.1) is 0 Å². The molecule has 2 aromatic rings. The third-order valence-electron chi connectivity index (χ3n) is 3.82. The summed E-state index contributed by atoms with van der Waals surface area (Å²) in [6.07, 6.45) is 1.67. The third-order valence-corrected chi connectivity index (χ3v) is 4.42. The summed E-state index contributed by atoms with van der Waals surface area (Å²) in [5.41, 5.74) is 0.948. The van der Waals surface area contributed by atoms with Crippen molar-refractivity contribution in [3.05, 3.63) is 57.8 Å². The van der Waals surface area contributed by atoms with Gasteiger partial charge < -0.3 is 15.2 Å². The first kappa shape index (κ1) is 17.4. The van der Waals surface area contributed by atoms with E-state index in [1.807, 2.05) is 0 Å². The maximum atomic E-state index is 13.2. The second kappa shape index (κ2) is 7.23. The van der Waals surface area contributed by atoms with Crippen molar-refractivity contribution >= 4 is 33.5 Å². The molecule has 25 heavy (non-hydrogen) atoms. The number of rotatable bonds is 6. The van der Waals surface area contributed by atoms with Crippen LogP contribution in [0.25, 0.3) is 0 Å². The Morgan fingerprint density at radius 1 is 1.24 bits per heavy atom. The monoisotopic (exact) mass is 407 g/mol. The molecule has 0 radical (unpaired) electrons. The Balaban J connectivity index is 1.73. The average Bonchev–Trinajstić information content (AvgIpc) is 3.41. The number of carboxylic acids is 1. The average molecular weight is 408 g/mol. The number of nitrogens with one attached hydrogen (secondary N) is 1. The zero-order valence-corrected chi connectivity index (χ0v) is 14.7. The number of aromatic carboxylic acids is 1. The quantitative estimate of drug-likeness (QED) is 0.751. The van der Waals surface area contributed by atoms with E-state index in [1.165, 1.54) is 18.2 Å². The van der Waals surface area contributed by atoms with Crippen molar-refractivity contribution in [2.45, 2.75) is 19.4 Å². The Hall–Kier alpha value is -2.41. The van der Waals surface area contributed by atoms with E-state index in [4.69, 9.17) is 4.74 Å². The lowest BCUT2D eigenvalue weighted by Gasteiger charge is -2.12. The minimum Gasteiger partial charge on any atom is -0.489 e. The number of hydrogen-bond donors (Lipinski definition) is 2. The van der Waals surface area contributed by atoms with E-state index in [9.17, 15) is 19.1 Å². The molecule has 0 aliphatic heterocycles. The van der Waals surface area contributed by atoms with E-state index in [-0.39, 0.29) is 35.5 Å². The van der Waals surface area contributed by atoms with Gasteiger partial charge in [0.15, 0.2) is 0 Å². The highest BCUT2D eigenvalue weighted by atomic mass is 79.9. The van der Waals surface area contributed by atoms with E-state index >= 15 is 0 Å². The lowest BCUT2D eigenvalue weighted by molar-refractivity contribution is -0.117. The first-order valence-corrected chi connectivity index (χ1v) is 8.48. The molecule has 2 N–H and O–H groups in total. The number of carboxylic acid groups (broad SMARTS) is 1. The van der Waals surface area contributed by atoms with E-state index in [1.54, 1.807) is 18.2 Å². The van der Waals surface area contributed by atoms with Crippen LogP contribution < -0.4 is 10.1 Å². The maximum Gasteiger partial charge on any atom is 0.337 e. The summed E-state index contributed by atoms with van der Waals surface area (Å²) in [5, 5.41) is 12.0. The molecule has 7 heteroatoms. The normalized spacial score (nSPS) is 13.4. The summed E-state index contributed by atoms with van der Waals surface area (Å²) < 4.78 is 19.1. The van der Waals surface area contributed by atoms with Crippen molar-refractivity contribution in [2.75, 3.05) is 5.32 Å². The van der Waals surface area contributed by atoms with Gasteiger partial charge >= 0.3 is 5.97 Å². The fraction of sp³-hybridized carbons (Fsp3) is 0.222. The highest BCUT2D eigenvalue weighted by molar-refractivity contribution is 9.10. The summed E-state index contributed by atoms with van der Waals surface area (Å²) in [7, 11) is 0. The summed E-state index contributed by atoms with van der Waals surface area (Å²) in [6, 6.07) is 8.97. The summed E-state index contributed by atoms with van der Waals surface area (Å²) in [6.45, 7) is 0.158. The fourth-order valence-corrected chi connectivity index (χ4v) is 2.70. The Bertz CT molecular complexity index is 836. The van der Waals surface area contributed by atoms with Gasteiger partial charge in [0.25, 0.3) is 0 Å². The van der Waals surface area contributed by atoms with Crippen molar-refractivity contribution in [3.63, 3.8) is 0 Å². The van der Waals surface area contributed by atoms with Gasteiger partial charge in [0.2, 0.25) is 5.91 Å². The Labute approximate surface area is 151 Å². The van der Waals surface area contributed by atoms with Crippen LogP contribution in [0.4, 0.5) is 10.1 Å². The SMILES string of the molecule is O=C(O)c1cc(OCc2ccc(F)c(Br)c2)ccc1NC(=O)C1CC1. The van der Waals surface area contributed by atoms with E-state index in [2.05, 4.69) is 21.2 Å². The van der Waals surface area contributed by atoms with Crippen LogP contribution in [0, 0.1) is 11.7 Å². The van der Waals surface area contributed by atoms with E-state index in [0.717, 1.165) is 18.4 Å². The standard InChI is InChI=1S/C18H15BrFNO4/c19-14-7-10(1-5-15(14)20)9-25-12-4-6-16(13(8-12)18(23)24)21-17(22)11-2-3-11/h1,4-8,11H,2-3,9H2,(H,21,22)(H,23,24). The summed E-state index contributed by atoms with van der Waals surface area (Å²) in [4.78, 5) is 23.3. The van der Waals surface area contributed by atoms with Gasteiger partial charge in [0, 0.05) is 5.92 Å². The van der Waals surface area contributed by atoms with E-state index in [0.29, 0.717) is 10.2 Å². The highest BCUT2D eigenvalue weighted by Crippen LogP contribution is 2.31. The van der Waals surface area contributed by atoms with Crippen LogP contribution in [0.2, 0.25) is 0 Å². The van der Waals surface area contributed by atoms with Crippen LogP contribution in [0.3, 0.4) is 0 Å². The van der Waals surface area contributed by atoms with Gasteiger partial charge in [0.1, 0.15) is 18.2 Å². The predicted octanol–water partition coefficient (Wildman–Crippen LogP) is 4.21. The van der Waals surface area contributed by atoms with Gasteiger partial charge in [-0.1, -0.05) is 6.07 Å². The topological polar surface area (TPSA) is 75.6 Å². The fourth-order valence-electron chi connectivity index (χ4n) is 2.28. The van der Waals surface area contributed by atoms with Crippen LogP contribution in [0.15, 0.2) is 40.9 Å². The molecule has 1 amide bonds. The summed E-state index contributed by atoms with van der Waals surface area (Å²) in [5.74, 6) is -1.35. The number of carbonyl (C=O) groups excluding carboxylic acids is 1. The van der Waals surface area contributed by atoms with Crippen LogP contribution in [-0.4, -0.2) is 17.0 Å². The molecule has 0 unspecified atom stereocenters. The first-order chi connectivity index (χ1) is 11.9. The number of hydrogen-bond acceptors (Lipinski definition) is 3. The molecule has 0 saturated heterocycles. The number of anilines is 1. The van der Waals surface area contributed by atoms with Crippen molar-refractivity contribution in [1.82, 2.24) is 0 Å². The smallest absolute Gasteiger partial charge is 0.337 e. The molecule has 0 aromatic heterocycles. The lowest BCUT2D eigenvalue weighted by atomic mass is 10.1. The number of carbonyl (C=O) groups is 2. The molecular weight excluding hydrogens is 393 g/mol. The number of amides is 1. The molecule has 0 heterocycles. The highest BCUT2D eigenvalue weighted by Gasteiger charge is 2.30. The second-order valence-corrected chi connectivity index (χ2v) is 6.67. The van der Waals surface area contributed by atoms with E-state index < -0.39 is 5.97 Å². The zero-order valence-electron chi connectivity index (χ0n) is 13.1. The van der Waals surface area contributed by atoms with Gasteiger partial charge in [-0.25, -0.2) is 9.18 Å². The van der Waals surface area contributed by atoms with Crippen molar-refractivity contribution in [2.24, 2.45) is 5.92 Å². The maximum absolute atomic E-state index is 13.2. The zero-order chi connectivity index (χ0) is 18.0. The first-order valence-electron chi connectivity index (χ1n) is 7.69. The molecular formula is C18H15BrFNO4. The lowest BCUT2D eigenvalue weighted by Crippen LogP contribution is -2.16. The van der Waals surface area contributed by atoms with Gasteiger partial charge in [0.05, 0.1) is 15.7 Å². The molecule has 1 aliphatic carbocycles. The number of benzene rings is 2. The van der Waals surface area contributed by atoms with Crippen LogP contribution in [-0.2, 0) is 11.4 Å². The molecule has 3 rings (SSSR count). The van der Waals surface area contributed by atoms with Crippen LogP contribution >= 0.6 is 15.9 Å². The van der Waals surface area contributed by atoms with Gasteiger partial charge in [-0.2, -0.15) is 0 Å². The number of ether oxygens (including phenoxy) is 1. The van der Waals surface area contributed by atoms with Gasteiger partial charge in [-0.3, -0.25) is 4.79 Å². The number of halogens is 2. The Morgan fingerprint density at radius 3 is 2.64 bits per heavy atom. The third kappa shape index (κ3) is 4.36.